The van der Waals surface area contributed by atoms with Crippen LogP contribution in [-0.4, -0.2) is 40.8 Å². The lowest BCUT2D eigenvalue weighted by Crippen LogP contribution is -2.38. The summed E-state index contributed by atoms with van der Waals surface area (Å²) in [6.07, 6.45) is 8.65. The SMILES string of the molecule is COc1ccccc1CCCCn1c(=O)n(C2CCN(CCCCc3ccccc3)CC2)c2ccccc21. The van der Waals surface area contributed by atoms with Crippen LogP contribution >= 0.6 is 0 Å². The molecular formula is C33H41N3O2. The van der Waals surface area contributed by atoms with Gasteiger partial charge in [-0.1, -0.05) is 60.7 Å². The van der Waals surface area contributed by atoms with Crippen molar-refractivity contribution in [1.29, 1.82) is 0 Å². The van der Waals surface area contributed by atoms with Crippen LogP contribution in [0.1, 0.15) is 55.7 Å². The molecule has 1 aliphatic heterocycles. The van der Waals surface area contributed by atoms with Gasteiger partial charge in [0.2, 0.25) is 0 Å². The highest BCUT2D eigenvalue weighted by Gasteiger charge is 2.25. The summed E-state index contributed by atoms with van der Waals surface area (Å²) >= 11 is 0. The highest BCUT2D eigenvalue weighted by atomic mass is 16.5. The van der Waals surface area contributed by atoms with E-state index in [1.807, 2.05) is 16.7 Å². The van der Waals surface area contributed by atoms with E-state index in [0.29, 0.717) is 0 Å². The Labute approximate surface area is 226 Å². The first-order chi connectivity index (χ1) is 18.7. The molecule has 0 saturated carbocycles. The van der Waals surface area contributed by atoms with E-state index in [4.69, 9.17) is 4.74 Å². The number of unbranched alkanes of at least 4 members (excludes halogenated alkanes) is 2. The van der Waals surface area contributed by atoms with Crippen molar-refractivity contribution >= 4 is 11.0 Å². The molecule has 0 amide bonds. The van der Waals surface area contributed by atoms with Crippen molar-refractivity contribution in [3.63, 3.8) is 0 Å². The third-order valence-corrected chi connectivity index (χ3v) is 8.09. The van der Waals surface area contributed by atoms with E-state index < -0.39 is 0 Å². The molecular weight excluding hydrogens is 470 g/mol. The fraction of sp³-hybridized carbons (Fsp3) is 0.424. The molecule has 0 bridgehead atoms. The predicted octanol–water partition coefficient (Wildman–Crippen LogP) is 6.49. The van der Waals surface area contributed by atoms with E-state index in [9.17, 15) is 4.79 Å². The minimum atomic E-state index is 0.157. The number of ether oxygens (including phenoxy) is 1. The number of hydrogen-bond donors (Lipinski definition) is 0. The third kappa shape index (κ3) is 6.21. The lowest BCUT2D eigenvalue weighted by atomic mass is 10.0. The molecule has 3 aromatic carbocycles. The Morgan fingerprint density at radius 3 is 2.18 bits per heavy atom. The summed E-state index contributed by atoms with van der Waals surface area (Å²) in [7, 11) is 1.73. The molecule has 5 nitrogen and oxygen atoms in total. The van der Waals surface area contributed by atoms with Crippen molar-refractivity contribution in [3.05, 3.63) is 100 Å². The molecule has 1 fully saturated rings. The molecule has 0 N–H and O–H groups in total. The van der Waals surface area contributed by atoms with Crippen LogP contribution in [0.4, 0.5) is 0 Å². The zero-order valence-corrected chi connectivity index (χ0v) is 22.7. The van der Waals surface area contributed by atoms with Crippen LogP contribution in [0.25, 0.3) is 11.0 Å². The molecule has 0 radical (unpaired) electrons. The lowest BCUT2D eigenvalue weighted by molar-refractivity contribution is 0.183. The van der Waals surface area contributed by atoms with Crippen LogP contribution in [0.15, 0.2) is 83.7 Å². The van der Waals surface area contributed by atoms with Gasteiger partial charge in [-0.3, -0.25) is 9.13 Å². The van der Waals surface area contributed by atoms with Crippen molar-refractivity contribution < 1.29 is 4.74 Å². The van der Waals surface area contributed by atoms with E-state index in [0.717, 1.165) is 81.5 Å². The summed E-state index contributed by atoms with van der Waals surface area (Å²) in [5.74, 6) is 0.948. The zero-order valence-electron chi connectivity index (χ0n) is 22.7. The third-order valence-electron chi connectivity index (χ3n) is 8.09. The highest BCUT2D eigenvalue weighted by Crippen LogP contribution is 2.26. The minimum absolute atomic E-state index is 0.157. The number of rotatable bonds is 12. The van der Waals surface area contributed by atoms with E-state index in [1.165, 1.54) is 24.0 Å². The maximum atomic E-state index is 13.7. The van der Waals surface area contributed by atoms with Crippen LogP contribution in [0.3, 0.4) is 0 Å². The van der Waals surface area contributed by atoms with Gasteiger partial charge in [0.15, 0.2) is 0 Å². The Balaban J connectivity index is 1.16. The monoisotopic (exact) mass is 511 g/mol. The number of piperidine rings is 1. The van der Waals surface area contributed by atoms with Crippen LogP contribution in [-0.2, 0) is 19.4 Å². The summed E-state index contributed by atoms with van der Waals surface area (Å²) in [5.41, 5.74) is 4.98. The van der Waals surface area contributed by atoms with Crippen LogP contribution < -0.4 is 10.4 Å². The predicted molar refractivity (Wildman–Crippen MR) is 156 cm³/mol. The van der Waals surface area contributed by atoms with Crippen molar-refractivity contribution in [1.82, 2.24) is 14.0 Å². The van der Waals surface area contributed by atoms with Gasteiger partial charge in [0.1, 0.15) is 5.75 Å². The van der Waals surface area contributed by atoms with Crippen molar-refractivity contribution in [2.45, 2.75) is 64.0 Å². The Bertz CT molecular complexity index is 1350. The Hall–Kier alpha value is -3.31. The van der Waals surface area contributed by atoms with Crippen molar-refractivity contribution in [2.24, 2.45) is 0 Å². The first-order valence-electron chi connectivity index (χ1n) is 14.3. The second-order valence-electron chi connectivity index (χ2n) is 10.6. The van der Waals surface area contributed by atoms with Gasteiger partial charge >= 0.3 is 5.69 Å². The van der Waals surface area contributed by atoms with Gasteiger partial charge in [0.25, 0.3) is 0 Å². The van der Waals surface area contributed by atoms with E-state index in [1.54, 1.807) is 7.11 Å². The quantitative estimate of drug-likeness (QED) is 0.204. The van der Waals surface area contributed by atoms with Gasteiger partial charge in [-0.15, -0.1) is 0 Å². The molecule has 38 heavy (non-hydrogen) atoms. The highest BCUT2D eigenvalue weighted by molar-refractivity contribution is 5.76. The molecule has 1 aliphatic rings. The molecule has 0 spiro atoms. The van der Waals surface area contributed by atoms with Crippen molar-refractivity contribution in [3.8, 4) is 5.75 Å². The Kier molecular flexibility index (Phi) is 8.98. The maximum absolute atomic E-state index is 13.7. The largest absolute Gasteiger partial charge is 0.496 e. The molecule has 0 unspecified atom stereocenters. The van der Waals surface area contributed by atoms with E-state index >= 15 is 0 Å². The summed E-state index contributed by atoms with van der Waals surface area (Å²) in [6.45, 7) is 4.05. The van der Waals surface area contributed by atoms with E-state index in [2.05, 4.69) is 76.2 Å². The lowest BCUT2D eigenvalue weighted by Gasteiger charge is -2.32. The van der Waals surface area contributed by atoms with Crippen LogP contribution in [0.2, 0.25) is 0 Å². The fourth-order valence-electron chi connectivity index (χ4n) is 6.01. The topological polar surface area (TPSA) is 39.4 Å². The Morgan fingerprint density at radius 1 is 0.737 bits per heavy atom. The maximum Gasteiger partial charge on any atom is 0.329 e. The molecule has 0 atom stereocenters. The number of aryl methyl sites for hydroxylation is 3. The second-order valence-corrected chi connectivity index (χ2v) is 10.6. The zero-order chi connectivity index (χ0) is 26.2. The summed E-state index contributed by atoms with van der Waals surface area (Å²) < 4.78 is 9.61. The van der Waals surface area contributed by atoms with Gasteiger partial charge in [-0.25, -0.2) is 4.79 Å². The second kappa shape index (κ2) is 13.0. The number of hydrogen-bond acceptors (Lipinski definition) is 3. The number of nitrogens with zero attached hydrogens (tertiary/aromatic N) is 3. The molecule has 5 rings (SSSR count). The molecule has 1 saturated heterocycles. The average molecular weight is 512 g/mol. The molecule has 0 aliphatic carbocycles. The average Bonchev–Trinajstić information content (AvgIpc) is 3.25. The number of likely N-dealkylation sites (tertiary alicyclic amines) is 1. The number of methoxy groups -OCH3 is 1. The number of aromatic nitrogens is 2. The van der Waals surface area contributed by atoms with Gasteiger partial charge < -0.3 is 9.64 Å². The Morgan fingerprint density at radius 2 is 1.39 bits per heavy atom. The first-order valence-corrected chi connectivity index (χ1v) is 14.3. The number of benzene rings is 3. The standard InChI is InChI=1S/C33H41N3O2/c1-38-32-20-8-5-16-28(32)17-10-12-24-35-30-18-6-7-19-31(30)36(33(35)37)29-21-25-34(26-22-29)23-11-9-15-27-13-3-2-4-14-27/h2-8,13-14,16,18-20,29H,9-12,15,17,21-26H2,1H3. The smallest absolute Gasteiger partial charge is 0.329 e. The number of para-hydroxylation sites is 3. The van der Waals surface area contributed by atoms with Gasteiger partial charge in [-0.2, -0.15) is 0 Å². The normalized spacial score (nSPS) is 14.8. The molecule has 2 heterocycles. The van der Waals surface area contributed by atoms with Crippen molar-refractivity contribution in [2.75, 3.05) is 26.7 Å². The van der Waals surface area contributed by atoms with Crippen LogP contribution in [0.5, 0.6) is 5.75 Å². The first kappa shape index (κ1) is 26.3. The van der Waals surface area contributed by atoms with Gasteiger partial charge in [0, 0.05) is 25.7 Å². The fourth-order valence-corrected chi connectivity index (χ4v) is 6.01. The molecule has 4 aromatic rings. The van der Waals surface area contributed by atoms with Gasteiger partial charge in [-0.05, 0) is 87.2 Å². The minimum Gasteiger partial charge on any atom is -0.496 e. The number of imidazole rings is 1. The number of fused-ring (bicyclic) bond motifs is 1. The summed E-state index contributed by atoms with van der Waals surface area (Å²) in [6, 6.07) is 27.6. The van der Waals surface area contributed by atoms with Gasteiger partial charge in [0.05, 0.1) is 18.1 Å². The molecule has 200 valence electrons. The van der Waals surface area contributed by atoms with Crippen LogP contribution in [0, 0.1) is 0 Å². The molecule has 1 aromatic heterocycles. The molecule has 5 heteroatoms. The summed E-state index contributed by atoms with van der Waals surface area (Å²) in [4.78, 5) is 16.3. The summed E-state index contributed by atoms with van der Waals surface area (Å²) in [5, 5.41) is 0. The van der Waals surface area contributed by atoms with E-state index in [-0.39, 0.29) is 11.7 Å².